The van der Waals surface area contributed by atoms with Crippen LogP contribution in [-0.2, 0) is 4.74 Å². The van der Waals surface area contributed by atoms with Gasteiger partial charge in [-0.05, 0) is 19.8 Å². The number of nitrogens with two attached hydrogens (primary N) is 1. The molecule has 1 unspecified atom stereocenters. The first-order chi connectivity index (χ1) is 7.10. The molecular weight excluding hydrogens is 192 g/mol. The summed E-state index contributed by atoms with van der Waals surface area (Å²) in [7, 11) is 0. The van der Waals surface area contributed by atoms with Crippen LogP contribution in [0.5, 0.6) is 0 Å². The number of hydrogen-bond donors (Lipinski definition) is 3. The van der Waals surface area contributed by atoms with Crippen molar-refractivity contribution in [3.8, 4) is 0 Å². The third-order valence-corrected chi connectivity index (χ3v) is 1.71. The van der Waals surface area contributed by atoms with Crippen molar-refractivity contribution in [2.24, 2.45) is 16.8 Å². The highest BCUT2D eigenvalue weighted by atomic mass is 16.5. The molecule has 0 fully saturated rings. The average Bonchev–Trinajstić information content (AvgIpc) is 2.20. The van der Waals surface area contributed by atoms with E-state index in [2.05, 4.69) is 29.6 Å². The molecule has 0 spiro atoms. The van der Waals surface area contributed by atoms with Gasteiger partial charge in [-0.3, -0.25) is 10.4 Å². The van der Waals surface area contributed by atoms with Crippen molar-refractivity contribution in [2.75, 3.05) is 19.8 Å². The molecule has 5 nitrogen and oxygen atoms in total. The third-order valence-electron chi connectivity index (χ3n) is 1.71. The van der Waals surface area contributed by atoms with Gasteiger partial charge in [-0.1, -0.05) is 13.8 Å². The summed E-state index contributed by atoms with van der Waals surface area (Å²) in [5.41, 5.74) is 2.55. The van der Waals surface area contributed by atoms with Crippen molar-refractivity contribution in [1.29, 1.82) is 0 Å². The zero-order valence-electron chi connectivity index (χ0n) is 10.2. The highest BCUT2D eigenvalue weighted by Crippen LogP contribution is 1.91. The van der Waals surface area contributed by atoms with Gasteiger partial charge in [0.2, 0.25) is 5.96 Å². The van der Waals surface area contributed by atoms with E-state index < -0.39 is 0 Å². The van der Waals surface area contributed by atoms with E-state index >= 15 is 0 Å². The molecule has 4 N–H and O–H groups in total. The molecule has 15 heavy (non-hydrogen) atoms. The van der Waals surface area contributed by atoms with Crippen LogP contribution in [0.25, 0.3) is 0 Å². The summed E-state index contributed by atoms with van der Waals surface area (Å²) in [5.74, 6) is 6.50. The standard InChI is InChI=1S/C10H24N4O/c1-5-15-7-9(4)13-10(14-11)12-6-8(2)3/h8-9H,5-7,11H2,1-4H3,(H2,12,13,14). The number of hydrogen-bond acceptors (Lipinski definition) is 3. The molecule has 0 aromatic carbocycles. The Bertz CT molecular complexity index is 182. The second-order valence-corrected chi connectivity index (χ2v) is 3.93. The van der Waals surface area contributed by atoms with Crippen LogP contribution in [0.2, 0.25) is 0 Å². The summed E-state index contributed by atoms with van der Waals surface area (Å²) in [4.78, 5) is 4.30. The fourth-order valence-corrected chi connectivity index (χ4v) is 0.977. The van der Waals surface area contributed by atoms with E-state index in [-0.39, 0.29) is 6.04 Å². The molecule has 0 rings (SSSR count). The summed E-state index contributed by atoms with van der Waals surface area (Å²) < 4.78 is 5.28. The smallest absolute Gasteiger partial charge is 0.206 e. The Labute approximate surface area is 92.4 Å². The molecule has 90 valence electrons. The molecule has 0 aromatic heterocycles. The van der Waals surface area contributed by atoms with E-state index in [1.807, 2.05) is 13.8 Å². The molecule has 0 aliphatic rings. The van der Waals surface area contributed by atoms with E-state index in [0.717, 1.165) is 13.2 Å². The summed E-state index contributed by atoms with van der Waals surface area (Å²) in [6.07, 6.45) is 0. The van der Waals surface area contributed by atoms with Crippen LogP contribution in [0.15, 0.2) is 4.99 Å². The van der Waals surface area contributed by atoms with Gasteiger partial charge in [-0.2, -0.15) is 0 Å². The van der Waals surface area contributed by atoms with Gasteiger partial charge in [0.25, 0.3) is 0 Å². The first-order valence-corrected chi connectivity index (χ1v) is 5.45. The normalized spacial score (nSPS) is 14.1. The Balaban J connectivity index is 3.91. The van der Waals surface area contributed by atoms with Gasteiger partial charge in [-0.15, -0.1) is 0 Å². The number of hydrazine groups is 1. The van der Waals surface area contributed by atoms with Crippen molar-refractivity contribution < 1.29 is 4.74 Å². The van der Waals surface area contributed by atoms with Gasteiger partial charge in [-0.25, -0.2) is 5.84 Å². The van der Waals surface area contributed by atoms with Crippen LogP contribution in [0.4, 0.5) is 0 Å². The third kappa shape index (κ3) is 8.20. The predicted octanol–water partition coefficient (Wildman–Crippen LogP) is 0.476. The van der Waals surface area contributed by atoms with Crippen LogP contribution in [0.3, 0.4) is 0 Å². The highest BCUT2D eigenvalue weighted by Gasteiger charge is 2.04. The van der Waals surface area contributed by atoms with Crippen molar-refractivity contribution in [3.63, 3.8) is 0 Å². The van der Waals surface area contributed by atoms with Gasteiger partial charge in [0.1, 0.15) is 0 Å². The van der Waals surface area contributed by atoms with Crippen molar-refractivity contribution >= 4 is 5.96 Å². The molecule has 0 aliphatic heterocycles. The van der Waals surface area contributed by atoms with E-state index in [9.17, 15) is 0 Å². The number of nitrogens with one attached hydrogen (secondary N) is 2. The number of guanidine groups is 1. The fraction of sp³-hybridized carbons (Fsp3) is 0.900. The van der Waals surface area contributed by atoms with E-state index in [1.165, 1.54) is 0 Å². The monoisotopic (exact) mass is 216 g/mol. The van der Waals surface area contributed by atoms with Crippen LogP contribution >= 0.6 is 0 Å². The topological polar surface area (TPSA) is 71.7 Å². The lowest BCUT2D eigenvalue weighted by molar-refractivity contribution is 0.132. The summed E-state index contributed by atoms with van der Waals surface area (Å²) in [6, 6.07) is 0.201. The zero-order valence-corrected chi connectivity index (χ0v) is 10.2. The number of nitrogens with zero attached hydrogens (tertiary/aromatic N) is 1. The van der Waals surface area contributed by atoms with Gasteiger partial charge >= 0.3 is 0 Å². The summed E-state index contributed by atoms with van der Waals surface area (Å²) in [5, 5.41) is 3.15. The largest absolute Gasteiger partial charge is 0.380 e. The minimum Gasteiger partial charge on any atom is -0.380 e. The Kier molecular flexibility index (Phi) is 8.04. The maximum absolute atomic E-state index is 5.35. The minimum absolute atomic E-state index is 0.201. The van der Waals surface area contributed by atoms with Crippen LogP contribution in [-0.4, -0.2) is 31.8 Å². The van der Waals surface area contributed by atoms with Crippen molar-refractivity contribution in [3.05, 3.63) is 0 Å². The summed E-state index contributed by atoms with van der Waals surface area (Å²) >= 11 is 0. The quantitative estimate of drug-likeness (QED) is 0.261. The molecule has 0 aliphatic carbocycles. The van der Waals surface area contributed by atoms with Crippen LogP contribution in [0, 0.1) is 5.92 Å². The van der Waals surface area contributed by atoms with Crippen molar-refractivity contribution in [1.82, 2.24) is 10.7 Å². The second kappa shape index (κ2) is 8.49. The van der Waals surface area contributed by atoms with Crippen LogP contribution in [0.1, 0.15) is 27.7 Å². The lowest BCUT2D eigenvalue weighted by atomic mass is 10.2. The Morgan fingerprint density at radius 3 is 2.53 bits per heavy atom. The van der Waals surface area contributed by atoms with Crippen molar-refractivity contribution in [2.45, 2.75) is 33.7 Å². The molecule has 0 saturated carbocycles. The maximum atomic E-state index is 5.35. The van der Waals surface area contributed by atoms with Gasteiger partial charge in [0, 0.05) is 19.2 Å². The van der Waals surface area contributed by atoms with E-state index in [1.54, 1.807) is 0 Å². The second-order valence-electron chi connectivity index (χ2n) is 3.93. The van der Waals surface area contributed by atoms with Gasteiger partial charge in [0.15, 0.2) is 0 Å². The molecule has 0 heterocycles. The average molecular weight is 216 g/mol. The Morgan fingerprint density at radius 1 is 1.40 bits per heavy atom. The van der Waals surface area contributed by atoms with Gasteiger partial charge < -0.3 is 10.1 Å². The zero-order chi connectivity index (χ0) is 11.7. The molecule has 0 amide bonds. The molecule has 0 aromatic rings. The Morgan fingerprint density at radius 2 is 2.07 bits per heavy atom. The van der Waals surface area contributed by atoms with Gasteiger partial charge in [0.05, 0.1) is 6.61 Å². The number of ether oxygens (including phenoxy) is 1. The highest BCUT2D eigenvalue weighted by molar-refractivity contribution is 5.79. The number of rotatable bonds is 6. The lowest BCUT2D eigenvalue weighted by Gasteiger charge is -2.16. The molecule has 0 saturated heterocycles. The lowest BCUT2D eigenvalue weighted by Crippen LogP contribution is -2.47. The molecule has 0 radical (unpaired) electrons. The maximum Gasteiger partial charge on any atom is 0.206 e. The minimum atomic E-state index is 0.201. The Hall–Kier alpha value is -0.810. The molecular formula is C10H24N4O. The first-order valence-electron chi connectivity index (χ1n) is 5.45. The number of aliphatic imine (C=N–C) groups is 1. The van der Waals surface area contributed by atoms with Crippen LogP contribution < -0.4 is 16.6 Å². The molecule has 0 bridgehead atoms. The van der Waals surface area contributed by atoms with E-state index in [4.69, 9.17) is 10.6 Å². The predicted molar refractivity (Wildman–Crippen MR) is 63.6 cm³/mol. The first kappa shape index (κ1) is 14.2. The fourth-order valence-electron chi connectivity index (χ4n) is 0.977. The molecule has 5 heteroatoms. The summed E-state index contributed by atoms with van der Waals surface area (Å²) in [6.45, 7) is 10.4. The SMILES string of the molecule is CCOCC(C)NC(=NCC(C)C)NN. The molecule has 1 atom stereocenters. The van der Waals surface area contributed by atoms with E-state index in [0.29, 0.717) is 18.5 Å².